The molecule has 134 valence electrons. The van der Waals surface area contributed by atoms with Crippen LogP contribution in [0.15, 0.2) is 29.3 Å². The van der Waals surface area contributed by atoms with E-state index in [1.54, 1.807) is 12.1 Å². The number of guanidine groups is 1. The van der Waals surface area contributed by atoms with E-state index in [2.05, 4.69) is 20.5 Å². The minimum Gasteiger partial charge on any atom is -0.492 e. The molecular formula is C17H27FN4O2. The van der Waals surface area contributed by atoms with Crippen LogP contribution in [-0.4, -0.2) is 69.9 Å². The predicted molar refractivity (Wildman–Crippen MR) is 93.1 cm³/mol. The molecule has 0 atom stereocenters. The van der Waals surface area contributed by atoms with Gasteiger partial charge in [0.25, 0.3) is 0 Å². The number of benzene rings is 1. The van der Waals surface area contributed by atoms with Crippen molar-refractivity contribution in [3.8, 4) is 5.75 Å². The first-order chi connectivity index (χ1) is 11.8. The molecule has 2 N–H and O–H groups in total. The average Bonchev–Trinajstić information content (AvgIpc) is 2.60. The number of nitrogens with one attached hydrogen (secondary N) is 2. The summed E-state index contributed by atoms with van der Waals surface area (Å²) in [6.07, 6.45) is 0. The van der Waals surface area contributed by atoms with E-state index in [1.807, 2.05) is 6.92 Å². The van der Waals surface area contributed by atoms with Crippen LogP contribution in [0.4, 0.5) is 4.39 Å². The molecule has 0 saturated carbocycles. The molecule has 0 unspecified atom stereocenters. The third-order valence-corrected chi connectivity index (χ3v) is 3.59. The largest absolute Gasteiger partial charge is 0.492 e. The van der Waals surface area contributed by atoms with Gasteiger partial charge in [-0.15, -0.1) is 0 Å². The van der Waals surface area contributed by atoms with Crippen molar-refractivity contribution in [1.29, 1.82) is 0 Å². The minimum absolute atomic E-state index is 0.293. The summed E-state index contributed by atoms with van der Waals surface area (Å²) in [5.41, 5.74) is 0. The Morgan fingerprint density at radius 2 is 2.17 bits per heavy atom. The van der Waals surface area contributed by atoms with Crippen molar-refractivity contribution >= 4 is 5.96 Å². The fourth-order valence-electron chi connectivity index (χ4n) is 2.36. The molecule has 0 aromatic heterocycles. The van der Waals surface area contributed by atoms with Crippen LogP contribution in [0, 0.1) is 5.82 Å². The Kier molecular flexibility index (Phi) is 8.34. The molecular weight excluding hydrogens is 311 g/mol. The van der Waals surface area contributed by atoms with Gasteiger partial charge in [0, 0.05) is 32.2 Å². The highest BCUT2D eigenvalue weighted by Gasteiger charge is 2.09. The molecule has 1 aliphatic heterocycles. The second-order valence-electron chi connectivity index (χ2n) is 5.45. The predicted octanol–water partition coefficient (Wildman–Crippen LogP) is 1.09. The molecule has 24 heavy (non-hydrogen) atoms. The maximum Gasteiger partial charge on any atom is 0.191 e. The van der Waals surface area contributed by atoms with Gasteiger partial charge in [-0.1, -0.05) is 6.07 Å². The first-order valence-corrected chi connectivity index (χ1v) is 8.48. The fourth-order valence-corrected chi connectivity index (χ4v) is 2.36. The van der Waals surface area contributed by atoms with Gasteiger partial charge in [0.15, 0.2) is 5.96 Å². The van der Waals surface area contributed by atoms with E-state index in [0.29, 0.717) is 18.9 Å². The lowest BCUT2D eigenvalue weighted by atomic mass is 10.3. The summed E-state index contributed by atoms with van der Waals surface area (Å²) in [7, 11) is 0. The molecule has 1 saturated heterocycles. The van der Waals surface area contributed by atoms with Gasteiger partial charge in [-0.05, 0) is 19.1 Å². The third kappa shape index (κ3) is 7.14. The van der Waals surface area contributed by atoms with Crippen LogP contribution in [0.5, 0.6) is 5.75 Å². The Hall–Kier alpha value is -1.86. The van der Waals surface area contributed by atoms with Gasteiger partial charge in [-0.25, -0.2) is 4.39 Å². The number of hydrogen-bond acceptors (Lipinski definition) is 4. The van der Waals surface area contributed by atoms with Crippen LogP contribution in [-0.2, 0) is 4.74 Å². The molecule has 0 radical (unpaired) electrons. The first-order valence-electron chi connectivity index (χ1n) is 8.48. The molecule has 2 rings (SSSR count). The summed E-state index contributed by atoms with van der Waals surface area (Å²) in [5, 5.41) is 6.43. The van der Waals surface area contributed by atoms with Crippen molar-refractivity contribution < 1.29 is 13.9 Å². The molecule has 1 fully saturated rings. The Bertz CT molecular complexity index is 507. The Morgan fingerprint density at radius 3 is 2.92 bits per heavy atom. The third-order valence-electron chi connectivity index (χ3n) is 3.59. The smallest absolute Gasteiger partial charge is 0.191 e. The second kappa shape index (κ2) is 10.8. The minimum atomic E-state index is -0.293. The lowest BCUT2D eigenvalue weighted by Gasteiger charge is -2.25. The highest BCUT2D eigenvalue weighted by molar-refractivity contribution is 5.79. The average molecular weight is 338 g/mol. The van der Waals surface area contributed by atoms with Crippen LogP contribution < -0.4 is 15.4 Å². The lowest BCUT2D eigenvalue weighted by molar-refractivity contribution is 0.0394. The number of aliphatic imine (C=N–C) groups is 1. The molecule has 6 nitrogen and oxygen atoms in total. The molecule has 0 spiro atoms. The number of morpholine rings is 1. The van der Waals surface area contributed by atoms with Crippen LogP contribution in [0.2, 0.25) is 0 Å². The van der Waals surface area contributed by atoms with E-state index in [9.17, 15) is 4.39 Å². The SMILES string of the molecule is CCNC(=NCCN1CCOCC1)NCCOc1cccc(F)c1. The zero-order valence-corrected chi connectivity index (χ0v) is 14.3. The number of ether oxygens (including phenoxy) is 2. The van der Waals surface area contributed by atoms with Crippen LogP contribution in [0.1, 0.15) is 6.92 Å². The highest BCUT2D eigenvalue weighted by Crippen LogP contribution is 2.11. The maximum absolute atomic E-state index is 13.1. The Labute approximate surface area is 143 Å². The van der Waals surface area contributed by atoms with E-state index in [4.69, 9.17) is 9.47 Å². The lowest BCUT2D eigenvalue weighted by Crippen LogP contribution is -2.41. The summed E-state index contributed by atoms with van der Waals surface area (Å²) in [6.45, 7) is 9.09. The monoisotopic (exact) mass is 338 g/mol. The molecule has 7 heteroatoms. The number of hydrogen-bond donors (Lipinski definition) is 2. The molecule has 0 amide bonds. The van der Waals surface area contributed by atoms with E-state index in [-0.39, 0.29) is 5.82 Å². The van der Waals surface area contributed by atoms with Crippen molar-refractivity contribution in [3.05, 3.63) is 30.1 Å². The summed E-state index contributed by atoms with van der Waals surface area (Å²) >= 11 is 0. The number of rotatable bonds is 8. The van der Waals surface area contributed by atoms with Gasteiger partial charge >= 0.3 is 0 Å². The second-order valence-corrected chi connectivity index (χ2v) is 5.45. The number of nitrogens with zero attached hydrogens (tertiary/aromatic N) is 2. The fraction of sp³-hybridized carbons (Fsp3) is 0.588. The zero-order valence-electron chi connectivity index (χ0n) is 14.3. The van der Waals surface area contributed by atoms with Crippen molar-refractivity contribution in [1.82, 2.24) is 15.5 Å². The van der Waals surface area contributed by atoms with Crippen LogP contribution >= 0.6 is 0 Å². The van der Waals surface area contributed by atoms with Gasteiger partial charge in [-0.2, -0.15) is 0 Å². The molecule has 1 aromatic carbocycles. The number of halogens is 1. The van der Waals surface area contributed by atoms with E-state index in [0.717, 1.165) is 51.9 Å². The van der Waals surface area contributed by atoms with Gasteiger partial charge in [-0.3, -0.25) is 9.89 Å². The maximum atomic E-state index is 13.1. The van der Waals surface area contributed by atoms with Gasteiger partial charge in [0.1, 0.15) is 18.2 Å². The zero-order chi connectivity index (χ0) is 17.0. The first kappa shape index (κ1) is 18.5. The summed E-state index contributed by atoms with van der Waals surface area (Å²) in [4.78, 5) is 6.91. The standard InChI is InChI=1S/C17H27FN4O2/c1-2-19-17(20-6-8-22-9-12-23-13-10-22)21-7-11-24-16-5-3-4-15(18)14-16/h3-5,14H,2,6-13H2,1H3,(H2,19,20,21). The molecule has 1 aliphatic rings. The molecule has 0 aliphatic carbocycles. The van der Waals surface area contributed by atoms with E-state index in [1.165, 1.54) is 12.1 Å². The van der Waals surface area contributed by atoms with Crippen LogP contribution in [0.3, 0.4) is 0 Å². The van der Waals surface area contributed by atoms with E-state index < -0.39 is 0 Å². The summed E-state index contributed by atoms with van der Waals surface area (Å²) < 4.78 is 23.9. The topological polar surface area (TPSA) is 58.1 Å². The van der Waals surface area contributed by atoms with Gasteiger partial charge < -0.3 is 20.1 Å². The van der Waals surface area contributed by atoms with Crippen molar-refractivity contribution in [2.24, 2.45) is 4.99 Å². The highest BCUT2D eigenvalue weighted by atomic mass is 19.1. The summed E-state index contributed by atoms with van der Waals surface area (Å²) in [5.74, 6) is 1.01. The van der Waals surface area contributed by atoms with Crippen LogP contribution in [0.25, 0.3) is 0 Å². The molecule has 0 bridgehead atoms. The molecule has 1 aromatic rings. The van der Waals surface area contributed by atoms with E-state index >= 15 is 0 Å². The quantitative estimate of drug-likeness (QED) is 0.422. The van der Waals surface area contributed by atoms with Gasteiger partial charge in [0.05, 0.1) is 26.3 Å². The van der Waals surface area contributed by atoms with Gasteiger partial charge in [0.2, 0.25) is 0 Å². The van der Waals surface area contributed by atoms with Crippen molar-refractivity contribution in [2.75, 3.05) is 59.1 Å². The summed E-state index contributed by atoms with van der Waals surface area (Å²) in [6, 6.07) is 6.15. The van der Waals surface area contributed by atoms with Crippen molar-refractivity contribution in [3.63, 3.8) is 0 Å². The van der Waals surface area contributed by atoms with Crippen molar-refractivity contribution in [2.45, 2.75) is 6.92 Å². The Morgan fingerprint density at radius 1 is 1.33 bits per heavy atom. The Balaban J connectivity index is 1.66. The normalized spacial score (nSPS) is 16.0. The molecule has 1 heterocycles.